The summed E-state index contributed by atoms with van der Waals surface area (Å²) in [6.45, 7) is 1.70. The Morgan fingerprint density at radius 2 is 1.88 bits per heavy atom. The molecule has 0 radical (unpaired) electrons. The minimum Gasteiger partial charge on any atom is -0.495 e. The third kappa shape index (κ3) is 4.76. The molecule has 1 heterocycles. The van der Waals surface area contributed by atoms with Crippen molar-refractivity contribution in [3.63, 3.8) is 0 Å². The summed E-state index contributed by atoms with van der Waals surface area (Å²) in [5.41, 5.74) is 0.211. The molecule has 25 heavy (non-hydrogen) atoms. The van der Waals surface area contributed by atoms with Crippen LogP contribution in [0.5, 0.6) is 11.5 Å². The lowest BCUT2D eigenvalue weighted by Gasteiger charge is -2.15. The van der Waals surface area contributed by atoms with Gasteiger partial charge in [0.2, 0.25) is 0 Å². The largest absolute Gasteiger partial charge is 0.495 e. The lowest BCUT2D eigenvalue weighted by atomic mass is 10.2. The number of hydrogen-bond donors (Lipinski definition) is 1. The van der Waals surface area contributed by atoms with Gasteiger partial charge < -0.3 is 23.9 Å². The maximum Gasteiger partial charge on any atom is 0.339 e. The second-order valence-corrected chi connectivity index (χ2v) is 5.83. The molecule has 0 aliphatic rings. The maximum atomic E-state index is 12.3. The highest BCUT2D eigenvalue weighted by atomic mass is 79.9. The number of methoxy groups -OCH3 is 2. The van der Waals surface area contributed by atoms with Gasteiger partial charge in [-0.25, -0.2) is 4.79 Å². The summed E-state index contributed by atoms with van der Waals surface area (Å²) in [4.78, 5) is 24.3. The average Bonchev–Trinajstić information content (AvgIpc) is 3.13. The molecular formula is C17H18BrNO6. The molecule has 0 saturated heterocycles. The van der Waals surface area contributed by atoms with Crippen molar-refractivity contribution in [3.8, 4) is 11.5 Å². The molecule has 0 spiro atoms. The van der Waals surface area contributed by atoms with Gasteiger partial charge in [0.05, 0.1) is 32.6 Å². The van der Waals surface area contributed by atoms with Crippen LogP contribution in [0.3, 0.4) is 0 Å². The molecule has 1 N–H and O–H groups in total. The Morgan fingerprint density at radius 3 is 2.40 bits per heavy atom. The molecule has 134 valence electrons. The van der Waals surface area contributed by atoms with Crippen LogP contribution < -0.4 is 14.8 Å². The lowest BCUT2D eigenvalue weighted by Crippen LogP contribution is -2.35. The summed E-state index contributed by atoms with van der Waals surface area (Å²) in [7, 11) is 2.94. The van der Waals surface area contributed by atoms with Gasteiger partial charge in [-0.15, -0.1) is 0 Å². The van der Waals surface area contributed by atoms with Gasteiger partial charge in [0.1, 0.15) is 21.7 Å². The number of ether oxygens (including phenoxy) is 3. The molecule has 1 aromatic heterocycles. The minimum absolute atomic E-state index is 0.211. The number of hydrogen-bond acceptors (Lipinski definition) is 6. The molecular weight excluding hydrogens is 394 g/mol. The fraction of sp³-hybridized carbons (Fsp3) is 0.294. The van der Waals surface area contributed by atoms with Crippen LogP contribution in [0, 0.1) is 0 Å². The first-order valence-corrected chi connectivity index (χ1v) is 8.18. The molecule has 0 aliphatic heterocycles. The number of benzene rings is 1. The van der Waals surface area contributed by atoms with Gasteiger partial charge in [0.25, 0.3) is 5.91 Å². The molecule has 0 aliphatic carbocycles. The van der Waals surface area contributed by atoms with Gasteiger partial charge in [-0.1, -0.05) is 0 Å². The highest BCUT2D eigenvalue weighted by molar-refractivity contribution is 9.10. The summed E-state index contributed by atoms with van der Waals surface area (Å²) in [6.07, 6.45) is 0.544. The van der Waals surface area contributed by atoms with E-state index in [2.05, 4.69) is 21.2 Å². The van der Waals surface area contributed by atoms with Crippen LogP contribution in [0.1, 0.15) is 23.0 Å². The minimum atomic E-state index is -0.969. The lowest BCUT2D eigenvalue weighted by molar-refractivity contribution is -0.129. The molecule has 0 fully saturated rings. The predicted molar refractivity (Wildman–Crippen MR) is 92.7 cm³/mol. The van der Waals surface area contributed by atoms with E-state index >= 15 is 0 Å². The van der Waals surface area contributed by atoms with Crippen LogP contribution in [-0.4, -0.2) is 32.2 Å². The van der Waals surface area contributed by atoms with Crippen molar-refractivity contribution in [1.29, 1.82) is 0 Å². The Morgan fingerprint density at radius 1 is 1.24 bits per heavy atom. The zero-order valence-electron chi connectivity index (χ0n) is 14.0. The summed E-state index contributed by atoms with van der Waals surface area (Å²) < 4.78 is 21.3. The van der Waals surface area contributed by atoms with Crippen LogP contribution >= 0.6 is 15.9 Å². The van der Waals surface area contributed by atoms with E-state index in [1.165, 1.54) is 39.5 Å². The third-order valence-corrected chi connectivity index (χ3v) is 4.13. The van der Waals surface area contributed by atoms with Gasteiger partial charge in [-0.3, -0.25) is 4.79 Å². The van der Waals surface area contributed by atoms with E-state index in [0.717, 1.165) is 0 Å². The summed E-state index contributed by atoms with van der Waals surface area (Å²) in [5, 5.41) is 2.63. The number of carbonyl (C=O) groups is 2. The number of rotatable bonds is 7. The van der Waals surface area contributed by atoms with Crippen molar-refractivity contribution in [1.82, 2.24) is 5.32 Å². The highest BCUT2D eigenvalue weighted by Crippen LogP contribution is 2.35. The van der Waals surface area contributed by atoms with Gasteiger partial charge in [-0.05, 0) is 47.1 Å². The molecule has 0 saturated carbocycles. The Bertz CT molecular complexity index is 719. The second-order valence-electron chi connectivity index (χ2n) is 5.04. The molecule has 1 aromatic carbocycles. The number of amides is 1. The SMILES string of the molecule is COc1cc(C(=O)O[C@@H](C)C(=O)NCc2ccco2)cc(OC)c1Br. The summed E-state index contributed by atoms with van der Waals surface area (Å²) in [6, 6.07) is 6.46. The molecule has 8 heteroatoms. The highest BCUT2D eigenvalue weighted by Gasteiger charge is 2.21. The van der Waals surface area contributed by atoms with Crippen molar-refractivity contribution in [2.75, 3.05) is 14.2 Å². The van der Waals surface area contributed by atoms with E-state index in [1.807, 2.05) is 0 Å². The molecule has 7 nitrogen and oxygen atoms in total. The van der Waals surface area contributed by atoms with Crippen LogP contribution in [-0.2, 0) is 16.1 Å². The van der Waals surface area contributed by atoms with Crippen molar-refractivity contribution in [2.24, 2.45) is 0 Å². The number of halogens is 1. The fourth-order valence-electron chi connectivity index (χ4n) is 2.00. The van der Waals surface area contributed by atoms with Crippen LogP contribution in [0.15, 0.2) is 39.4 Å². The summed E-state index contributed by atoms with van der Waals surface area (Å²) >= 11 is 3.32. The molecule has 0 bridgehead atoms. The van der Waals surface area contributed by atoms with Gasteiger partial charge >= 0.3 is 5.97 Å². The van der Waals surface area contributed by atoms with Crippen LogP contribution in [0.4, 0.5) is 0 Å². The number of nitrogens with one attached hydrogen (secondary N) is 1. The van der Waals surface area contributed by atoms with E-state index in [9.17, 15) is 9.59 Å². The monoisotopic (exact) mass is 411 g/mol. The van der Waals surface area contributed by atoms with E-state index in [-0.39, 0.29) is 12.1 Å². The van der Waals surface area contributed by atoms with Crippen molar-refractivity contribution in [3.05, 3.63) is 46.3 Å². The maximum absolute atomic E-state index is 12.3. The fourth-order valence-corrected chi connectivity index (χ4v) is 2.55. The molecule has 2 rings (SSSR count). The van der Waals surface area contributed by atoms with Crippen molar-refractivity contribution >= 4 is 27.8 Å². The predicted octanol–water partition coefficient (Wildman–Crippen LogP) is 2.92. The van der Waals surface area contributed by atoms with E-state index < -0.39 is 18.0 Å². The zero-order chi connectivity index (χ0) is 18.4. The first-order chi connectivity index (χ1) is 12.0. The first-order valence-electron chi connectivity index (χ1n) is 7.38. The van der Waals surface area contributed by atoms with Gasteiger partial charge in [0.15, 0.2) is 6.10 Å². The molecule has 1 atom stereocenters. The Labute approximate surface area is 153 Å². The molecule has 1 amide bonds. The molecule has 2 aromatic rings. The average molecular weight is 412 g/mol. The first kappa shape index (κ1) is 18.9. The standard InChI is InChI=1S/C17H18BrNO6/c1-10(16(20)19-9-12-5-4-6-24-12)25-17(21)11-7-13(22-2)15(18)14(8-11)23-3/h4-8,10H,9H2,1-3H3,(H,19,20)/t10-/m0/s1. The van der Waals surface area contributed by atoms with Gasteiger partial charge in [0, 0.05) is 0 Å². The van der Waals surface area contributed by atoms with Crippen LogP contribution in [0.2, 0.25) is 0 Å². The molecule has 0 unspecified atom stereocenters. The zero-order valence-corrected chi connectivity index (χ0v) is 15.6. The van der Waals surface area contributed by atoms with Gasteiger partial charge in [-0.2, -0.15) is 0 Å². The Kier molecular flexibility index (Phi) is 6.46. The van der Waals surface area contributed by atoms with Crippen LogP contribution in [0.25, 0.3) is 0 Å². The topological polar surface area (TPSA) is 87.0 Å². The summed E-state index contributed by atoms with van der Waals surface area (Å²) in [5.74, 6) is 0.349. The van der Waals surface area contributed by atoms with E-state index in [1.54, 1.807) is 12.1 Å². The number of esters is 1. The smallest absolute Gasteiger partial charge is 0.339 e. The van der Waals surface area contributed by atoms with Crippen molar-refractivity contribution in [2.45, 2.75) is 19.6 Å². The van der Waals surface area contributed by atoms with E-state index in [0.29, 0.717) is 21.7 Å². The number of furan rings is 1. The number of carbonyl (C=O) groups excluding carboxylic acids is 2. The quantitative estimate of drug-likeness (QED) is 0.704. The normalized spacial score (nSPS) is 11.5. The second kappa shape index (κ2) is 8.57. The third-order valence-electron chi connectivity index (χ3n) is 3.35. The Hall–Kier alpha value is -2.48. The Balaban J connectivity index is 2.01. The van der Waals surface area contributed by atoms with Crippen molar-refractivity contribution < 1.29 is 28.2 Å². The van der Waals surface area contributed by atoms with E-state index in [4.69, 9.17) is 18.6 Å².